The van der Waals surface area contributed by atoms with Crippen LogP contribution in [0, 0.1) is 23.2 Å². The predicted molar refractivity (Wildman–Crippen MR) is 56.4 cm³/mol. The molecule has 1 nitrogen and oxygen atoms in total. The molecule has 0 amide bonds. The van der Waals surface area contributed by atoms with Gasteiger partial charge in [-0.05, 0) is 55.4 Å². The van der Waals surface area contributed by atoms with Crippen LogP contribution in [0.2, 0.25) is 0 Å². The lowest BCUT2D eigenvalue weighted by molar-refractivity contribution is 0.213. The van der Waals surface area contributed by atoms with Crippen molar-refractivity contribution < 1.29 is 0 Å². The third-order valence-corrected chi connectivity index (χ3v) is 4.25. The van der Waals surface area contributed by atoms with Crippen LogP contribution in [0.1, 0.15) is 46.0 Å². The van der Waals surface area contributed by atoms with E-state index in [0.29, 0.717) is 5.41 Å². The zero-order valence-corrected chi connectivity index (χ0v) is 9.05. The Hall–Kier alpha value is -0.0400. The van der Waals surface area contributed by atoms with E-state index in [1.807, 2.05) is 0 Å². The molecule has 2 aliphatic rings. The van der Waals surface area contributed by atoms with Crippen LogP contribution >= 0.6 is 0 Å². The number of hydrogen-bond donors (Lipinski definition) is 1. The van der Waals surface area contributed by atoms with Gasteiger partial charge >= 0.3 is 0 Å². The van der Waals surface area contributed by atoms with E-state index in [0.717, 1.165) is 24.3 Å². The quantitative estimate of drug-likeness (QED) is 0.712. The molecule has 2 saturated carbocycles. The summed E-state index contributed by atoms with van der Waals surface area (Å²) in [5.41, 5.74) is 6.17. The van der Waals surface area contributed by atoms with Crippen LogP contribution in [0.25, 0.3) is 0 Å². The molecule has 0 aromatic rings. The maximum Gasteiger partial charge on any atom is -0.00257 e. The number of nitrogens with two attached hydrogens (primary N) is 1. The summed E-state index contributed by atoms with van der Waals surface area (Å²) >= 11 is 0. The fraction of sp³-hybridized carbons (Fsp3) is 1.00. The monoisotopic (exact) mass is 181 g/mol. The smallest absolute Gasteiger partial charge is 0.00257 e. The molecule has 0 spiro atoms. The highest BCUT2D eigenvalue weighted by Gasteiger charge is 2.41. The molecule has 2 fully saturated rings. The molecule has 0 aromatic heterocycles. The summed E-state index contributed by atoms with van der Waals surface area (Å²) in [5, 5.41) is 0. The Bertz CT molecular complexity index is 186. The zero-order valence-electron chi connectivity index (χ0n) is 9.05. The highest BCUT2D eigenvalue weighted by molar-refractivity contribution is 4.92. The van der Waals surface area contributed by atoms with E-state index in [-0.39, 0.29) is 0 Å². The van der Waals surface area contributed by atoms with Crippen LogP contribution < -0.4 is 5.73 Å². The van der Waals surface area contributed by atoms with Crippen molar-refractivity contribution in [2.45, 2.75) is 46.0 Å². The second kappa shape index (κ2) is 3.27. The van der Waals surface area contributed by atoms with Gasteiger partial charge in [0.15, 0.2) is 0 Å². The van der Waals surface area contributed by atoms with Gasteiger partial charge in [-0.1, -0.05) is 20.3 Å². The molecule has 2 bridgehead atoms. The Kier molecular flexibility index (Phi) is 2.39. The van der Waals surface area contributed by atoms with Crippen molar-refractivity contribution in [1.82, 2.24) is 0 Å². The molecule has 2 aliphatic carbocycles. The first-order valence-corrected chi connectivity index (χ1v) is 5.81. The Morgan fingerprint density at radius 1 is 1.23 bits per heavy atom. The van der Waals surface area contributed by atoms with Crippen molar-refractivity contribution in [2.24, 2.45) is 28.9 Å². The maximum absolute atomic E-state index is 5.78. The Morgan fingerprint density at radius 2 is 2.00 bits per heavy atom. The van der Waals surface area contributed by atoms with Gasteiger partial charge in [0.1, 0.15) is 0 Å². The normalized spacial score (nSPS) is 38.5. The topological polar surface area (TPSA) is 26.0 Å². The molecule has 2 rings (SSSR count). The third-order valence-electron chi connectivity index (χ3n) is 4.25. The van der Waals surface area contributed by atoms with Gasteiger partial charge < -0.3 is 5.73 Å². The van der Waals surface area contributed by atoms with Gasteiger partial charge in [0, 0.05) is 0 Å². The number of hydrogen-bond acceptors (Lipinski definition) is 1. The number of fused-ring (bicyclic) bond motifs is 2. The summed E-state index contributed by atoms with van der Waals surface area (Å²) in [6.45, 7) is 5.48. The largest absolute Gasteiger partial charge is 0.330 e. The van der Waals surface area contributed by atoms with E-state index < -0.39 is 0 Å². The van der Waals surface area contributed by atoms with Gasteiger partial charge in [-0.25, -0.2) is 0 Å². The van der Waals surface area contributed by atoms with Crippen molar-refractivity contribution in [3.63, 3.8) is 0 Å². The van der Waals surface area contributed by atoms with Crippen LogP contribution in [0.4, 0.5) is 0 Å². The van der Waals surface area contributed by atoms with Crippen LogP contribution in [0.5, 0.6) is 0 Å². The Balaban J connectivity index is 1.89. The molecule has 0 aromatic carbocycles. The minimum Gasteiger partial charge on any atom is -0.330 e. The molecule has 0 saturated heterocycles. The zero-order chi connectivity index (χ0) is 9.47. The van der Waals surface area contributed by atoms with Crippen LogP contribution in [0.3, 0.4) is 0 Å². The van der Waals surface area contributed by atoms with E-state index in [4.69, 9.17) is 5.73 Å². The second-order valence-electron chi connectivity index (χ2n) is 6.01. The number of rotatable bonds is 3. The van der Waals surface area contributed by atoms with Gasteiger partial charge in [0.05, 0.1) is 0 Å². The fourth-order valence-corrected chi connectivity index (χ4v) is 3.42. The molecule has 2 N–H and O–H groups in total. The van der Waals surface area contributed by atoms with Crippen molar-refractivity contribution in [3.05, 3.63) is 0 Å². The maximum atomic E-state index is 5.78. The molecular weight excluding hydrogens is 158 g/mol. The van der Waals surface area contributed by atoms with Crippen molar-refractivity contribution >= 4 is 0 Å². The highest BCUT2D eigenvalue weighted by atomic mass is 14.6. The molecule has 3 atom stereocenters. The van der Waals surface area contributed by atoms with E-state index in [1.165, 1.54) is 32.1 Å². The summed E-state index contributed by atoms with van der Waals surface area (Å²) in [6.07, 6.45) is 7.43. The van der Waals surface area contributed by atoms with Crippen molar-refractivity contribution in [3.8, 4) is 0 Å². The molecule has 0 aliphatic heterocycles. The first kappa shape index (κ1) is 9.51. The van der Waals surface area contributed by atoms with Crippen LogP contribution in [0.15, 0.2) is 0 Å². The summed E-state index contributed by atoms with van der Waals surface area (Å²) in [7, 11) is 0. The lowest BCUT2D eigenvalue weighted by atomic mass is 9.76. The fourth-order valence-electron chi connectivity index (χ4n) is 3.42. The van der Waals surface area contributed by atoms with Crippen molar-refractivity contribution in [1.29, 1.82) is 0 Å². The van der Waals surface area contributed by atoms with E-state index in [1.54, 1.807) is 0 Å². The molecule has 76 valence electrons. The molecular formula is C12H23N. The molecule has 0 heterocycles. The van der Waals surface area contributed by atoms with Crippen LogP contribution in [-0.4, -0.2) is 6.54 Å². The van der Waals surface area contributed by atoms with Crippen molar-refractivity contribution in [2.75, 3.05) is 6.54 Å². The summed E-state index contributed by atoms with van der Waals surface area (Å²) in [6, 6.07) is 0. The molecule has 0 radical (unpaired) electrons. The summed E-state index contributed by atoms with van der Waals surface area (Å²) < 4.78 is 0. The molecule has 3 unspecified atom stereocenters. The Labute approximate surface area is 82.1 Å². The first-order valence-electron chi connectivity index (χ1n) is 5.81. The second-order valence-corrected chi connectivity index (χ2v) is 6.01. The SMILES string of the molecule is CC(C)(CN)CC1CC2CCC1C2. The minimum atomic E-state index is 0.384. The van der Waals surface area contributed by atoms with Crippen LogP contribution in [-0.2, 0) is 0 Å². The summed E-state index contributed by atoms with van der Waals surface area (Å²) in [5.74, 6) is 3.16. The van der Waals surface area contributed by atoms with Gasteiger partial charge in [0.25, 0.3) is 0 Å². The van der Waals surface area contributed by atoms with Gasteiger partial charge in [0.2, 0.25) is 0 Å². The minimum absolute atomic E-state index is 0.384. The third kappa shape index (κ3) is 1.90. The van der Waals surface area contributed by atoms with Gasteiger partial charge in [-0.3, -0.25) is 0 Å². The van der Waals surface area contributed by atoms with Gasteiger partial charge in [-0.15, -0.1) is 0 Å². The lowest BCUT2D eigenvalue weighted by Gasteiger charge is -2.30. The van der Waals surface area contributed by atoms with E-state index >= 15 is 0 Å². The Morgan fingerprint density at radius 3 is 2.46 bits per heavy atom. The average Bonchev–Trinajstić information content (AvgIpc) is 2.64. The standard InChI is InChI=1S/C12H23N/c1-12(2,8-13)7-11-6-9-3-4-10(11)5-9/h9-11H,3-8,13H2,1-2H3. The van der Waals surface area contributed by atoms with E-state index in [9.17, 15) is 0 Å². The molecule has 13 heavy (non-hydrogen) atoms. The lowest BCUT2D eigenvalue weighted by Crippen LogP contribution is -2.28. The summed E-state index contributed by atoms with van der Waals surface area (Å²) in [4.78, 5) is 0. The first-order chi connectivity index (χ1) is 6.11. The van der Waals surface area contributed by atoms with Gasteiger partial charge in [-0.2, -0.15) is 0 Å². The molecule has 1 heteroatoms. The highest BCUT2D eigenvalue weighted by Crippen LogP contribution is 2.51. The predicted octanol–water partition coefficient (Wildman–Crippen LogP) is 2.80. The van der Waals surface area contributed by atoms with E-state index in [2.05, 4.69) is 13.8 Å². The average molecular weight is 181 g/mol.